The van der Waals surface area contributed by atoms with Crippen molar-refractivity contribution in [3.05, 3.63) is 60.2 Å². The fourth-order valence-electron chi connectivity index (χ4n) is 2.67. The third-order valence-electron chi connectivity index (χ3n) is 4.16. The molecule has 0 unspecified atom stereocenters. The van der Waals surface area contributed by atoms with Crippen LogP contribution in [0.15, 0.2) is 48.8 Å². The van der Waals surface area contributed by atoms with Crippen molar-refractivity contribution in [2.45, 2.75) is 26.7 Å². The number of aromatic nitrogens is 4. The Morgan fingerprint density at radius 1 is 1.17 bits per heavy atom. The summed E-state index contributed by atoms with van der Waals surface area (Å²) in [6.07, 6.45) is 5.63. The Labute approximate surface area is 170 Å². The summed E-state index contributed by atoms with van der Waals surface area (Å²) in [7, 11) is 0. The molecular weight excluding hydrogens is 368 g/mol. The van der Waals surface area contributed by atoms with Gasteiger partial charge in [-0.1, -0.05) is 13.3 Å². The number of hydrogen-bond acceptors (Lipinski definition) is 6. The summed E-state index contributed by atoms with van der Waals surface area (Å²) >= 11 is 0. The van der Waals surface area contributed by atoms with Gasteiger partial charge in [-0.15, -0.1) is 0 Å². The van der Waals surface area contributed by atoms with E-state index in [9.17, 15) is 4.79 Å². The molecule has 0 radical (unpaired) electrons. The van der Waals surface area contributed by atoms with E-state index >= 15 is 0 Å². The quantitative estimate of drug-likeness (QED) is 0.514. The Kier molecular flexibility index (Phi) is 7.16. The zero-order valence-corrected chi connectivity index (χ0v) is 16.8. The number of carbonyl (C=O) groups excluding carboxylic acids is 1. The molecule has 3 aromatic rings. The Bertz CT molecular complexity index is 909. The molecule has 0 bridgehead atoms. The Hall–Kier alpha value is -3.42. The molecule has 0 saturated heterocycles. The molecule has 8 nitrogen and oxygen atoms in total. The second-order valence-electron chi connectivity index (χ2n) is 6.52. The first-order valence-electron chi connectivity index (χ1n) is 9.76. The van der Waals surface area contributed by atoms with E-state index < -0.39 is 0 Å². The summed E-state index contributed by atoms with van der Waals surface area (Å²) in [6.45, 7) is 5.65. The van der Waals surface area contributed by atoms with Gasteiger partial charge < -0.3 is 15.4 Å². The Balaban J connectivity index is 1.46. The lowest BCUT2D eigenvalue weighted by Gasteiger charge is -2.10. The molecule has 3 rings (SSSR count). The van der Waals surface area contributed by atoms with E-state index in [4.69, 9.17) is 4.74 Å². The van der Waals surface area contributed by atoms with Gasteiger partial charge in [0.25, 0.3) is 5.91 Å². The maximum absolute atomic E-state index is 12.3. The van der Waals surface area contributed by atoms with Crippen LogP contribution in [-0.2, 0) is 0 Å². The largest absolute Gasteiger partial charge is 0.494 e. The number of nitrogens with zero attached hydrogens (tertiary/aromatic N) is 4. The first-order valence-corrected chi connectivity index (χ1v) is 9.76. The minimum absolute atomic E-state index is 0.122. The van der Waals surface area contributed by atoms with E-state index in [1.165, 1.54) is 0 Å². The summed E-state index contributed by atoms with van der Waals surface area (Å²) in [4.78, 5) is 21.0. The Morgan fingerprint density at radius 3 is 2.72 bits per heavy atom. The average molecular weight is 394 g/mol. The molecule has 0 atom stereocenters. The summed E-state index contributed by atoms with van der Waals surface area (Å²) in [5, 5.41) is 10.3. The molecule has 1 aromatic carbocycles. The predicted molar refractivity (Wildman–Crippen MR) is 112 cm³/mol. The zero-order chi connectivity index (χ0) is 20.5. The molecule has 2 N–H and O–H groups in total. The molecule has 152 valence electrons. The third-order valence-corrected chi connectivity index (χ3v) is 4.16. The van der Waals surface area contributed by atoms with E-state index in [2.05, 4.69) is 32.6 Å². The van der Waals surface area contributed by atoms with Gasteiger partial charge in [0, 0.05) is 37.1 Å². The molecule has 0 saturated carbocycles. The van der Waals surface area contributed by atoms with Crippen LogP contribution in [0.5, 0.6) is 5.75 Å². The van der Waals surface area contributed by atoms with Crippen LogP contribution in [-0.4, -0.2) is 45.4 Å². The third kappa shape index (κ3) is 6.03. The number of ether oxygens (including phenoxy) is 1. The minimum atomic E-state index is -0.122. The number of anilines is 1. The van der Waals surface area contributed by atoms with Crippen molar-refractivity contribution in [1.82, 2.24) is 25.1 Å². The van der Waals surface area contributed by atoms with Crippen molar-refractivity contribution in [3.63, 3.8) is 0 Å². The minimum Gasteiger partial charge on any atom is -0.494 e. The fraction of sp³-hybridized carbons (Fsp3) is 0.333. The van der Waals surface area contributed by atoms with Crippen LogP contribution in [0.3, 0.4) is 0 Å². The lowest BCUT2D eigenvalue weighted by atomic mass is 10.2. The van der Waals surface area contributed by atoms with E-state index in [1.54, 1.807) is 23.0 Å². The maximum atomic E-state index is 12.3. The van der Waals surface area contributed by atoms with Crippen molar-refractivity contribution in [1.29, 1.82) is 0 Å². The smallest absolute Gasteiger partial charge is 0.251 e. The first-order chi connectivity index (χ1) is 14.2. The zero-order valence-electron chi connectivity index (χ0n) is 16.8. The van der Waals surface area contributed by atoms with Crippen LogP contribution in [0.25, 0.3) is 5.82 Å². The molecule has 1 amide bonds. The molecule has 0 aliphatic carbocycles. The Morgan fingerprint density at radius 2 is 2.00 bits per heavy atom. The van der Waals surface area contributed by atoms with Gasteiger partial charge in [0.2, 0.25) is 0 Å². The molecule has 2 aromatic heterocycles. The van der Waals surface area contributed by atoms with Gasteiger partial charge in [-0.25, -0.2) is 14.6 Å². The van der Waals surface area contributed by atoms with Crippen molar-refractivity contribution >= 4 is 11.7 Å². The van der Waals surface area contributed by atoms with Crippen molar-refractivity contribution in [2.75, 3.05) is 25.0 Å². The SMILES string of the molecule is CCCCOc1ccc(C(=O)NCCNc2cc(-n3cccn3)nc(C)n2)cc1. The van der Waals surface area contributed by atoms with Gasteiger partial charge in [0.05, 0.1) is 6.61 Å². The van der Waals surface area contributed by atoms with Crippen LogP contribution < -0.4 is 15.4 Å². The average Bonchev–Trinajstić information content (AvgIpc) is 3.26. The second kappa shape index (κ2) is 10.2. The normalized spacial score (nSPS) is 10.6. The lowest BCUT2D eigenvalue weighted by Crippen LogP contribution is -2.29. The van der Waals surface area contributed by atoms with E-state index in [0.717, 1.165) is 18.6 Å². The molecule has 0 spiro atoms. The number of nitrogens with one attached hydrogen (secondary N) is 2. The summed E-state index contributed by atoms with van der Waals surface area (Å²) in [5.41, 5.74) is 0.603. The number of carbonyl (C=O) groups is 1. The molecule has 2 heterocycles. The lowest BCUT2D eigenvalue weighted by molar-refractivity contribution is 0.0955. The molecule has 0 fully saturated rings. The van der Waals surface area contributed by atoms with Crippen LogP contribution >= 0.6 is 0 Å². The fourth-order valence-corrected chi connectivity index (χ4v) is 2.67. The number of unbranched alkanes of at least 4 members (excludes halogenated alkanes) is 1. The number of hydrogen-bond donors (Lipinski definition) is 2. The van der Waals surface area contributed by atoms with Crippen LogP contribution in [0.4, 0.5) is 5.82 Å². The van der Waals surface area contributed by atoms with Crippen molar-refractivity contribution in [2.24, 2.45) is 0 Å². The maximum Gasteiger partial charge on any atom is 0.251 e. The van der Waals surface area contributed by atoms with Crippen LogP contribution in [0.2, 0.25) is 0 Å². The summed E-state index contributed by atoms with van der Waals surface area (Å²) in [5.74, 6) is 2.68. The summed E-state index contributed by atoms with van der Waals surface area (Å²) in [6, 6.07) is 10.8. The second-order valence-corrected chi connectivity index (χ2v) is 6.52. The van der Waals surface area contributed by atoms with E-state index in [0.29, 0.717) is 42.7 Å². The number of amides is 1. The van der Waals surface area contributed by atoms with Crippen molar-refractivity contribution in [3.8, 4) is 11.6 Å². The van der Waals surface area contributed by atoms with Crippen molar-refractivity contribution < 1.29 is 9.53 Å². The standard InChI is InChI=1S/C21H26N6O2/c1-3-4-14-29-18-8-6-17(7-9-18)21(28)23-12-11-22-19-15-20(26-16(2)25-19)27-13-5-10-24-27/h5-10,13,15H,3-4,11-12,14H2,1-2H3,(H,23,28)(H,22,25,26). The van der Waals surface area contributed by atoms with Crippen LogP contribution in [0.1, 0.15) is 35.9 Å². The van der Waals surface area contributed by atoms with Gasteiger partial charge >= 0.3 is 0 Å². The molecule has 0 aliphatic heterocycles. The van der Waals surface area contributed by atoms with E-state index in [1.807, 2.05) is 37.4 Å². The molecule has 29 heavy (non-hydrogen) atoms. The number of rotatable bonds is 10. The monoisotopic (exact) mass is 394 g/mol. The van der Waals surface area contributed by atoms with Gasteiger partial charge in [-0.3, -0.25) is 4.79 Å². The van der Waals surface area contributed by atoms with Crippen LogP contribution in [0, 0.1) is 6.92 Å². The first kappa shape index (κ1) is 20.3. The topological polar surface area (TPSA) is 94.0 Å². The van der Waals surface area contributed by atoms with E-state index in [-0.39, 0.29) is 5.91 Å². The highest BCUT2D eigenvalue weighted by Crippen LogP contribution is 2.13. The highest BCUT2D eigenvalue weighted by Gasteiger charge is 2.06. The van der Waals surface area contributed by atoms with Gasteiger partial charge in [-0.2, -0.15) is 5.10 Å². The predicted octanol–water partition coefficient (Wildman–Crippen LogP) is 2.99. The molecule has 8 heteroatoms. The van der Waals surface area contributed by atoms with Gasteiger partial charge in [0.15, 0.2) is 5.82 Å². The van der Waals surface area contributed by atoms with Gasteiger partial charge in [0.1, 0.15) is 17.4 Å². The summed E-state index contributed by atoms with van der Waals surface area (Å²) < 4.78 is 7.29. The number of aryl methyl sites for hydroxylation is 1. The molecular formula is C21H26N6O2. The highest BCUT2D eigenvalue weighted by atomic mass is 16.5. The molecule has 0 aliphatic rings. The highest BCUT2D eigenvalue weighted by molar-refractivity contribution is 5.94. The van der Waals surface area contributed by atoms with Gasteiger partial charge in [-0.05, 0) is 43.7 Å². The number of benzene rings is 1.